The number of hydrogen-bond donors (Lipinski definition) is 3. The number of rotatable bonds is 11. The van der Waals surface area contributed by atoms with Gasteiger partial charge in [-0.25, -0.2) is 22.6 Å². The zero-order valence-electron chi connectivity index (χ0n) is 27.3. The molecular formula is C35H37FN4O8S. The molecule has 1 fully saturated rings. The third kappa shape index (κ3) is 6.86. The molecule has 3 atom stereocenters. The molecule has 1 aliphatic heterocycles. The number of carbonyl (C=O) groups excluding carboxylic acids is 2. The smallest absolute Gasteiger partial charge is 0.337 e. The van der Waals surface area contributed by atoms with Crippen molar-refractivity contribution in [3.63, 3.8) is 0 Å². The number of halogens is 1. The highest BCUT2D eigenvalue weighted by atomic mass is 32.2. The monoisotopic (exact) mass is 692 g/mol. The zero-order chi connectivity index (χ0) is 35.6. The lowest BCUT2D eigenvalue weighted by Gasteiger charge is -2.33. The Labute approximate surface area is 282 Å². The van der Waals surface area contributed by atoms with Crippen LogP contribution in [0.1, 0.15) is 60.8 Å². The van der Waals surface area contributed by atoms with Gasteiger partial charge in [-0.15, -0.1) is 0 Å². The fraction of sp³-hybridized carbons (Fsp3) is 0.314. The number of methoxy groups -OCH3 is 1. The maximum atomic E-state index is 15.7. The van der Waals surface area contributed by atoms with E-state index in [-0.39, 0.29) is 41.2 Å². The summed E-state index contributed by atoms with van der Waals surface area (Å²) in [6, 6.07) is 11.8. The summed E-state index contributed by atoms with van der Waals surface area (Å²) in [7, 11) is -2.89. The molecule has 12 nitrogen and oxygen atoms in total. The number of anilines is 2. The van der Waals surface area contributed by atoms with E-state index in [1.807, 2.05) is 0 Å². The number of aliphatic carboxylic acids is 1. The first-order chi connectivity index (χ1) is 23.3. The molecule has 1 saturated heterocycles. The van der Waals surface area contributed by atoms with Gasteiger partial charge in [-0.1, -0.05) is 0 Å². The van der Waals surface area contributed by atoms with Gasteiger partial charge in [-0.3, -0.25) is 9.59 Å². The number of sulfone groups is 1. The first-order valence-corrected chi connectivity index (χ1v) is 17.2. The third-order valence-electron chi connectivity index (χ3n) is 8.62. The Bertz CT molecular complexity index is 2040. The molecule has 0 bridgehead atoms. The minimum atomic E-state index is -4.05. The van der Waals surface area contributed by atoms with Crippen LogP contribution in [0, 0.1) is 11.7 Å². The van der Waals surface area contributed by atoms with Crippen molar-refractivity contribution in [2.75, 3.05) is 31.3 Å². The maximum absolute atomic E-state index is 15.7. The summed E-state index contributed by atoms with van der Waals surface area (Å²) in [6.45, 7) is 4.87. The number of nitrogens with two attached hydrogens (primary N) is 1. The van der Waals surface area contributed by atoms with E-state index in [1.54, 1.807) is 31.2 Å². The average molecular weight is 693 g/mol. The number of benzene rings is 3. The molecule has 1 unspecified atom stereocenters. The quantitative estimate of drug-likeness (QED) is 0.177. The number of nitrogens with zero attached hydrogens (tertiary/aromatic N) is 2. The molecule has 4 N–H and O–H groups in total. The Morgan fingerprint density at radius 2 is 1.86 bits per heavy atom. The van der Waals surface area contributed by atoms with Gasteiger partial charge < -0.3 is 30.5 Å². The average Bonchev–Trinajstić information content (AvgIpc) is 3.53. The fourth-order valence-corrected chi connectivity index (χ4v) is 7.39. The summed E-state index contributed by atoms with van der Waals surface area (Å²) >= 11 is 0. The third-order valence-corrected chi connectivity index (χ3v) is 10.8. The van der Waals surface area contributed by atoms with Crippen molar-refractivity contribution < 1.29 is 41.8 Å². The van der Waals surface area contributed by atoms with Gasteiger partial charge in [0, 0.05) is 29.4 Å². The molecule has 49 heavy (non-hydrogen) atoms. The van der Waals surface area contributed by atoms with E-state index >= 15 is 4.39 Å². The second-order valence-electron chi connectivity index (χ2n) is 11.9. The molecule has 0 aliphatic carbocycles. The van der Waals surface area contributed by atoms with E-state index in [0.717, 1.165) is 7.11 Å². The Kier molecular flexibility index (Phi) is 10.1. The molecule has 1 amide bonds. The highest BCUT2D eigenvalue weighted by Crippen LogP contribution is 2.43. The van der Waals surface area contributed by atoms with Crippen LogP contribution in [0.25, 0.3) is 10.8 Å². The number of carboxylic acid groups (broad SMARTS) is 1. The molecule has 14 heteroatoms. The Morgan fingerprint density at radius 3 is 2.53 bits per heavy atom. The van der Waals surface area contributed by atoms with E-state index < -0.39 is 56.8 Å². The van der Waals surface area contributed by atoms with Crippen LogP contribution in [0.2, 0.25) is 0 Å². The number of aromatic nitrogens is 1. The van der Waals surface area contributed by atoms with Gasteiger partial charge in [0.05, 0.1) is 41.4 Å². The van der Waals surface area contributed by atoms with Crippen molar-refractivity contribution in [2.45, 2.75) is 49.4 Å². The van der Waals surface area contributed by atoms with Gasteiger partial charge in [0.2, 0.25) is 5.91 Å². The minimum Gasteiger partial charge on any atom is -0.494 e. The number of fused-ring (bicyclic) bond motifs is 1. The number of nitrogen functional groups attached to an aromatic ring is 1. The highest BCUT2D eigenvalue weighted by Gasteiger charge is 2.46. The second-order valence-corrected chi connectivity index (χ2v) is 14.3. The molecule has 2 heterocycles. The van der Waals surface area contributed by atoms with Crippen molar-refractivity contribution in [2.24, 2.45) is 5.92 Å². The van der Waals surface area contributed by atoms with Crippen LogP contribution in [0.4, 0.5) is 15.9 Å². The summed E-state index contributed by atoms with van der Waals surface area (Å²) in [6.07, 6.45) is 1.49. The predicted octanol–water partition coefficient (Wildman–Crippen LogP) is 5.15. The van der Waals surface area contributed by atoms with E-state index in [9.17, 15) is 27.9 Å². The van der Waals surface area contributed by atoms with Crippen molar-refractivity contribution in [3.05, 3.63) is 89.4 Å². The Morgan fingerprint density at radius 1 is 1.10 bits per heavy atom. The Balaban J connectivity index is 1.69. The zero-order valence-corrected chi connectivity index (χ0v) is 28.2. The molecule has 3 aromatic carbocycles. The van der Waals surface area contributed by atoms with Crippen molar-refractivity contribution in [1.29, 1.82) is 0 Å². The van der Waals surface area contributed by atoms with Crippen LogP contribution in [0.5, 0.6) is 5.75 Å². The number of hydrogen-bond acceptors (Lipinski definition) is 10. The number of ether oxygens (including phenoxy) is 2. The van der Waals surface area contributed by atoms with Crippen molar-refractivity contribution >= 4 is 50.0 Å². The van der Waals surface area contributed by atoms with Crippen LogP contribution in [0.15, 0.2) is 71.8 Å². The standard InChI is InChI=1S/C35H37FN4O8S/c1-5-48-23-8-10-28(36)26(18-23)30(39-22-7-9-24-20(16-22)12-14-38-32(24)37)33(41)40-15-13-25(34(42)43)31(40)27-17-21(35(44)47-4)6-11-29(27)49(45,46)19(2)3/h6-12,14,16-19,25,30-31,39H,5,13,15H2,1-4H3,(H2,37,38)(H,42,43)/t25-,30?,31+/m0/s1. The molecule has 1 aromatic heterocycles. The second kappa shape index (κ2) is 14.1. The first-order valence-electron chi connectivity index (χ1n) is 15.6. The van der Waals surface area contributed by atoms with Crippen LogP contribution in [-0.2, 0) is 24.2 Å². The summed E-state index contributed by atoms with van der Waals surface area (Å²) in [5, 5.41) is 13.9. The molecule has 1 aliphatic rings. The molecule has 0 spiro atoms. The summed E-state index contributed by atoms with van der Waals surface area (Å²) in [5.74, 6) is -4.17. The van der Waals surface area contributed by atoms with Gasteiger partial charge >= 0.3 is 11.9 Å². The molecule has 4 aromatic rings. The largest absolute Gasteiger partial charge is 0.494 e. The number of carbonyl (C=O) groups is 3. The van der Waals surface area contributed by atoms with Crippen LogP contribution >= 0.6 is 0 Å². The topological polar surface area (TPSA) is 178 Å². The lowest BCUT2D eigenvalue weighted by molar-refractivity contribution is -0.143. The lowest BCUT2D eigenvalue weighted by atomic mass is 9.92. The number of carboxylic acids is 1. The normalized spacial score (nSPS) is 16.8. The minimum absolute atomic E-state index is 0.0290. The van der Waals surface area contributed by atoms with Crippen LogP contribution < -0.4 is 15.8 Å². The van der Waals surface area contributed by atoms with Crippen molar-refractivity contribution in [3.8, 4) is 5.75 Å². The number of esters is 1. The molecular weight excluding hydrogens is 655 g/mol. The molecule has 0 saturated carbocycles. The molecule has 0 radical (unpaired) electrons. The van der Waals surface area contributed by atoms with Gasteiger partial charge in [0.1, 0.15) is 23.4 Å². The lowest BCUT2D eigenvalue weighted by Crippen LogP contribution is -2.40. The van der Waals surface area contributed by atoms with Gasteiger partial charge in [0.15, 0.2) is 9.84 Å². The molecule has 5 rings (SSSR count). The summed E-state index contributed by atoms with van der Waals surface area (Å²) < 4.78 is 53.4. The maximum Gasteiger partial charge on any atom is 0.337 e. The predicted molar refractivity (Wildman–Crippen MR) is 180 cm³/mol. The van der Waals surface area contributed by atoms with E-state index in [2.05, 4.69) is 10.3 Å². The van der Waals surface area contributed by atoms with Gasteiger partial charge in [-0.05, 0) is 98.8 Å². The number of nitrogens with one attached hydrogen (secondary N) is 1. The van der Waals surface area contributed by atoms with Crippen LogP contribution in [-0.4, -0.2) is 66.8 Å². The number of likely N-dealkylation sites (tertiary alicyclic amines) is 1. The highest BCUT2D eigenvalue weighted by molar-refractivity contribution is 7.92. The Hall–Kier alpha value is -5.24. The summed E-state index contributed by atoms with van der Waals surface area (Å²) in [5.41, 5.74) is 6.28. The van der Waals surface area contributed by atoms with E-state index in [0.29, 0.717) is 28.0 Å². The summed E-state index contributed by atoms with van der Waals surface area (Å²) in [4.78, 5) is 45.2. The number of amides is 1. The fourth-order valence-electron chi connectivity index (χ4n) is 6.12. The van der Waals surface area contributed by atoms with Gasteiger partial charge in [0.25, 0.3) is 0 Å². The van der Waals surface area contributed by atoms with E-state index in [4.69, 9.17) is 15.2 Å². The SMILES string of the molecule is CCOc1ccc(F)c(C(Nc2ccc3c(N)nccc3c2)C(=O)N2CC[C@H](C(=O)O)[C@@H]2c2cc(C(=O)OC)ccc2S(=O)(=O)C(C)C)c1. The molecule has 258 valence electrons. The van der Waals surface area contributed by atoms with Crippen LogP contribution in [0.3, 0.4) is 0 Å². The number of pyridine rings is 1. The van der Waals surface area contributed by atoms with Crippen molar-refractivity contribution in [1.82, 2.24) is 9.88 Å². The van der Waals surface area contributed by atoms with Gasteiger partial charge in [-0.2, -0.15) is 0 Å². The first kappa shape index (κ1) is 35.1. The van der Waals surface area contributed by atoms with E-state index in [1.165, 1.54) is 61.3 Å².